The van der Waals surface area contributed by atoms with Gasteiger partial charge in [0.2, 0.25) is 6.41 Å². The number of methoxy groups -OCH3 is 1. The van der Waals surface area contributed by atoms with Crippen LogP contribution in [0.25, 0.3) is 0 Å². The fraction of sp³-hybridized carbons (Fsp3) is 0.200. The first-order valence-electron chi connectivity index (χ1n) is 10.1. The van der Waals surface area contributed by atoms with Crippen LogP contribution in [-0.2, 0) is 22.7 Å². The summed E-state index contributed by atoms with van der Waals surface area (Å²) < 4.78 is 37.7. The minimum absolute atomic E-state index is 0.0914. The minimum Gasteiger partial charge on any atom is -0.489 e. The second-order valence-electron chi connectivity index (χ2n) is 7.30. The predicted octanol–water partition coefficient (Wildman–Crippen LogP) is 4.84. The number of aryl methyl sites for hydroxylation is 1. The van der Waals surface area contributed by atoms with E-state index in [0.29, 0.717) is 29.1 Å². The van der Waals surface area contributed by atoms with E-state index >= 15 is 0 Å². The smallest absolute Gasteiger partial charge is 0.337 e. The Bertz CT molecular complexity index is 1170. The fourth-order valence-electron chi connectivity index (χ4n) is 3.36. The highest BCUT2D eigenvalue weighted by atomic mass is 19.2. The van der Waals surface area contributed by atoms with E-state index < -0.39 is 17.6 Å². The van der Waals surface area contributed by atoms with Crippen molar-refractivity contribution in [2.45, 2.75) is 20.1 Å². The van der Waals surface area contributed by atoms with Crippen LogP contribution in [0, 0.1) is 18.6 Å². The maximum atomic E-state index is 13.9. The molecule has 33 heavy (non-hydrogen) atoms. The van der Waals surface area contributed by atoms with Gasteiger partial charge in [-0.3, -0.25) is 4.79 Å². The Hall–Kier alpha value is -3.94. The highest BCUT2D eigenvalue weighted by molar-refractivity contribution is 5.91. The second kappa shape index (κ2) is 10.6. The number of carbonyl (C=O) groups is 2. The molecule has 0 radical (unpaired) electrons. The number of halogens is 2. The molecule has 0 aliphatic heterocycles. The first-order valence-corrected chi connectivity index (χ1v) is 10.1. The number of esters is 1. The summed E-state index contributed by atoms with van der Waals surface area (Å²) in [6, 6.07) is 14.1. The average molecular weight is 454 g/mol. The molecule has 1 N–H and O–H groups in total. The van der Waals surface area contributed by atoms with Gasteiger partial charge in [-0.1, -0.05) is 24.3 Å². The van der Waals surface area contributed by atoms with Gasteiger partial charge in [-0.05, 0) is 42.3 Å². The lowest BCUT2D eigenvalue weighted by atomic mass is 10.1. The zero-order chi connectivity index (χ0) is 24.0. The first-order chi connectivity index (χ1) is 15.9. The van der Waals surface area contributed by atoms with Gasteiger partial charge in [0.05, 0.1) is 24.9 Å². The number of nitrogens with zero attached hydrogens (tertiary/aromatic N) is 1. The molecule has 6 nitrogen and oxygen atoms in total. The molecule has 0 aromatic heterocycles. The van der Waals surface area contributed by atoms with Crippen molar-refractivity contribution in [2.24, 2.45) is 0 Å². The van der Waals surface area contributed by atoms with E-state index in [9.17, 15) is 18.4 Å². The van der Waals surface area contributed by atoms with E-state index in [1.165, 1.54) is 24.1 Å². The van der Waals surface area contributed by atoms with Crippen LogP contribution in [0.1, 0.15) is 27.0 Å². The molecular formula is C25H24F2N2O4. The number of ether oxygens (including phenoxy) is 2. The lowest BCUT2D eigenvalue weighted by Crippen LogP contribution is -2.22. The van der Waals surface area contributed by atoms with Crippen molar-refractivity contribution in [2.75, 3.05) is 24.4 Å². The van der Waals surface area contributed by atoms with Crippen LogP contribution in [0.2, 0.25) is 0 Å². The summed E-state index contributed by atoms with van der Waals surface area (Å²) in [5.74, 6) is -1.94. The zero-order valence-electron chi connectivity index (χ0n) is 18.5. The summed E-state index contributed by atoms with van der Waals surface area (Å²) in [6.07, 6.45) is 0.700. The third kappa shape index (κ3) is 5.46. The van der Waals surface area contributed by atoms with Crippen molar-refractivity contribution in [3.8, 4) is 5.75 Å². The quantitative estimate of drug-likeness (QED) is 0.370. The average Bonchev–Trinajstić information content (AvgIpc) is 2.83. The van der Waals surface area contributed by atoms with E-state index in [1.807, 2.05) is 6.92 Å². The van der Waals surface area contributed by atoms with Crippen molar-refractivity contribution in [1.82, 2.24) is 0 Å². The molecule has 0 heterocycles. The maximum Gasteiger partial charge on any atom is 0.337 e. The van der Waals surface area contributed by atoms with Crippen LogP contribution in [0.5, 0.6) is 5.75 Å². The molecule has 1 amide bonds. The third-order valence-corrected chi connectivity index (χ3v) is 5.18. The molecule has 8 heteroatoms. The topological polar surface area (TPSA) is 67.9 Å². The SMILES string of the molecule is CNc1cc(C(=O)OC)ccc1CN(C=O)c1cc(OCc2cccc(F)c2F)ccc1C. The van der Waals surface area contributed by atoms with Gasteiger partial charge in [0.25, 0.3) is 0 Å². The van der Waals surface area contributed by atoms with Gasteiger partial charge < -0.3 is 19.7 Å². The standard InChI is InChI=1S/C25H24F2N2O4/c1-16-7-10-20(33-14-19-5-4-6-21(26)24(19)27)12-23(16)29(15-30)13-18-9-8-17(25(31)32-3)11-22(18)28-2/h4-12,15,28H,13-14H2,1-3H3. The Balaban J connectivity index is 1.83. The molecule has 0 aliphatic rings. The number of carbonyl (C=O) groups excluding carboxylic acids is 2. The van der Waals surface area contributed by atoms with E-state index in [4.69, 9.17) is 9.47 Å². The molecule has 0 unspecified atom stereocenters. The Morgan fingerprint density at radius 2 is 1.88 bits per heavy atom. The Labute approximate surface area is 190 Å². The van der Waals surface area contributed by atoms with Crippen LogP contribution in [0.3, 0.4) is 0 Å². The maximum absolute atomic E-state index is 13.9. The van der Waals surface area contributed by atoms with Gasteiger partial charge >= 0.3 is 5.97 Å². The molecule has 0 fully saturated rings. The van der Waals surface area contributed by atoms with Gasteiger partial charge in [-0.2, -0.15) is 0 Å². The lowest BCUT2D eigenvalue weighted by Gasteiger charge is -2.22. The predicted molar refractivity (Wildman–Crippen MR) is 121 cm³/mol. The summed E-state index contributed by atoms with van der Waals surface area (Å²) in [7, 11) is 3.03. The number of amides is 1. The van der Waals surface area contributed by atoms with Crippen LogP contribution >= 0.6 is 0 Å². The van der Waals surface area contributed by atoms with Crippen molar-refractivity contribution < 1.29 is 27.8 Å². The van der Waals surface area contributed by atoms with Crippen LogP contribution in [0.4, 0.5) is 20.2 Å². The van der Waals surface area contributed by atoms with Crippen LogP contribution in [-0.4, -0.2) is 26.5 Å². The Morgan fingerprint density at radius 3 is 2.58 bits per heavy atom. The Morgan fingerprint density at radius 1 is 1.09 bits per heavy atom. The molecule has 0 aliphatic carbocycles. The molecule has 0 bridgehead atoms. The molecule has 3 rings (SSSR count). The summed E-state index contributed by atoms with van der Waals surface area (Å²) >= 11 is 0. The van der Waals surface area contributed by atoms with Crippen LogP contribution in [0.15, 0.2) is 54.6 Å². The summed E-state index contributed by atoms with van der Waals surface area (Å²) in [4.78, 5) is 25.3. The van der Waals surface area contributed by atoms with Gasteiger partial charge in [0, 0.05) is 24.4 Å². The lowest BCUT2D eigenvalue weighted by molar-refractivity contribution is -0.107. The van der Waals surface area contributed by atoms with Gasteiger partial charge in [-0.25, -0.2) is 13.6 Å². The van der Waals surface area contributed by atoms with Crippen molar-refractivity contribution >= 4 is 23.8 Å². The first kappa shape index (κ1) is 23.7. The van der Waals surface area contributed by atoms with E-state index in [0.717, 1.165) is 17.2 Å². The highest BCUT2D eigenvalue weighted by Gasteiger charge is 2.15. The number of benzene rings is 3. The summed E-state index contributed by atoms with van der Waals surface area (Å²) in [5.41, 5.74) is 3.36. The number of hydrogen-bond donors (Lipinski definition) is 1. The van der Waals surface area contributed by atoms with Gasteiger partial charge in [-0.15, -0.1) is 0 Å². The number of rotatable bonds is 9. The third-order valence-electron chi connectivity index (χ3n) is 5.18. The number of nitrogens with one attached hydrogen (secondary N) is 1. The van der Waals surface area contributed by atoms with Gasteiger partial charge in [0.1, 0.15) is 12.4 Å². The normalized spacial score (nSPS) is 10.5. The monoisotopic (exact) mass is 454 g/mol. The summed E-state index contributed by atoms with van der Waals surface area (Å²) in [5, 5.41) is 3.03. The molecule has 3 aromatic carbocycles. The van der Waals surface area contributed by atoms with E-state index in [1.54, 1.807) is 43.4 Å². The highest BCUT2D eigenvalue weighted by Crippen LogP contribution is 2.29. The number of anilines is 2. The van der Waals surface area contributed by atoms with Crippen LogP contribution < -0.4 is 15.0 Å². The molecule has 3 aromatic rings. The van der Waals surface area contributed by atoms with Crippen molar-refractivity contribution in [3.05, 3.63) is 88.5 Å². The second-order valence-corrected chi connectivity index (χ2v) is 7.30. The zero-order valence-corrected chi connectivity index (χ0v) is 18.5. The molecule has 0 saturated heterocycles. The fourth-order valence-corrected chi connectivity index (χ4v) is 3.36. The molecule has 0 spiro atoms. The number of hydrogen-bond acceptors (Lipinski definition) is 5. The summed E-state index contributed by atoms with van der Waals surface area (Å²) in [6.45, 7) is 1.91. The molecule has 172 valence electrons. The minimum atomic E-state index is -0.950. The van der Waals surface area contributed by atoms with Crippen molar-refractivity contribution in [3.63, 3.8) is 0 Å². The Kier molecular flexibility index (Phi) is 7.61. The van der Waals surface area contributed by atoms with E-state index in [-0.39, 0.29) is 18.7 Å². The van der Waals surface area contributed by atoms with E-state index in [2.05, 4.69) is 5.32 Å². The molecule has 0 saturated carbocycles. The molecular weight excluding hydrogens is 430 g/mol. The van der Waals surface area contributed by atoms with Gasteiger partial charge in [0.15, 0.2) is 11.6 Å². The molecule has 0 atom stereocenters. The van der Waals surface area contributed by atoms with Crippen molar-refractivity contribution in [1.29, 1.82) is 0 Å². The largest absolute Gasteiger partial charge is 0.489 e.